The monoisotopic (exact) mass is 275 g/mol. The van der Waals surface area contributed by atoms with Crippen LogP contribution >= 0.6 is 0 Å². The highest BCUT2D eigenvalue weighted by atomic mass is 16.5. The van der Waals surface area contributed by atoms with E-state index in [0.29, 0.717) is 5.92 Å². The highest BCUT2D eigenvalue weighted by molar-refractivity contribution is 5.95. The summed E-state index contributed by atoms with van der Waals surface area (Å²) in [6.45, 7) is 7.75. The van der Waals surface area contributed by atoms with Crippen molar-refractivity contribution in [3.05, 3.63) is 23.8 Å². The van der Waals surface area contributed by atoms with Crippen molar-refractivity contribution in [3.63, 3.8) is 0 Å². The summed E-state index contributed by atoms with van der Waals surface area (Å²) in [5.74, 6) is 1.13. The first-order valence-corrected chi connectivity index (χ1v) is 7.22. The number of amides is 1. The lowest BCUT2D eigenvalue weighted by Gasteiger charge is -2.30. The van der Waals surface area contributed by atoms with Crippen molar-refractivity contribution >= 4 is 11.6 Å². The van der Waals surface area contributed by atoms with Gasteiger partial charge in [-0.05, 0) is 23.6 Å². The van der Waals surface area contributed by atoms with Crippen LogP contribution in [0.5, 0.6) is 5.75 Å². The molecule has 0 bridgehead atoms. The number of anilines is 1. The Labute approximate surface area is 119 Å². The van der Waals surface area contributed by atoms with Crippen LogP contribution in [-0.4, -0.2) is 50.1 Å². The molecular formula is C15H21N3O2. The van der Waals surface area contributed by atoms with Crippen LogP contribution < -0.4 is 15.4 Å². The largest absolute Gasteiger partial charge is 0.482 e. The average Bonchev–Trinajstić information content (AvgIpc) is 2.47. The molecule has 2 N–H and O–H groups in total. The highest BCUT2D eigenvalue weighted by Crippen LogP contribution is 2.31. The molecule has 2 heterocycles. The summed E-state index contributed by atoms with van der Waals surface area (Å²) in [5.41, 5.74) is 2.04. The Balaban J connectivity index is 1.69. The maximum Gasteiger partial charge on any atom is 0.262 e. The molecule has 20 heavy (non-hydrogen) atoms. The topological polar surface area (TPSA) is 53.6 Å². The van der Waals surface area contributed by atoms with Crippen molar-refractivity contribution in [3.8, 4) is 5.75 Å². The van der Waals surface area contributed by atoms with Crippen molar-refractivity contribution in [2.75, 3.05) is 44.6 Å². The van der Waals surface area contributed by atoms with E-state index in [1.54, 1.807) is 0 Å². The Bertz CT molecular complexity index is 498. The van der Waals surface area contributed by atoms with E-state index in [-0.39, 0.29) is 12.5 Å². The van der Waals surface area contributed by atoms with Gasteiger partial charge in [-0.15, -0.1) is 0 Å². The van der Waals surface area contributed by atoms with Crippen molar-refractivity contribution in [1.29, 1.82) is 0 Å². The Morgan fingerprint density at radius 3 is 2.95 bits per heavy atom. The predicted molar refractivity (Wildman–Crippen MR) is 78.3 cm³/mol. The summed E-state index contributed by atoms with van der Waals surface area (Å²) < 4.78 is 5.39. The van der Waals surface area contributed by atoms with Gasteiger partial charge < -0.3 is 20.3 Å². The van der Waals surface area contributed by atoms with Gasteiger partial charge in [0.05, 0.1) is 5.69 Å². The number of piperazine rings is 1. The number of nitrogens with one attached hydrogen (secondary N) is 2. The molecule has 1 aromatic carbocycles. The van der Waals surface area contributed by atoms with Crippen molar-refractivity contribution in [1.82, 2.24) is 10.2 Å². The zero-order valence-corrected chi connectivity index (χ0v) is 11.8. The van der Waals surface area contributed by atoms with Gasteiger partial charge in [-0.2, -0.15) is 0 Å². The lowest BCUT2D eigenvalue weighted by molar-refractivity contribution is -0.118. The maximum atomic E-state index is 11.4. The van der Waals surface area contributed by atoms with Gasteiger partial charge in [0.25, 0.3) is 5.91 Å². The predicted octanol–water partition coefficient (Wildman–Crippen LogP) is 1.03. The Hall–Kier alpha value is -1.59. The summed E-state index contributed by atoms with van der Waals surface area (Å²) in [6.07, 6.45) is 0. The molecule has 1 fully saturated rings. The molecule has 0 radical (unpaired) electrons. The second-order valence-electron chi connectivity index (χ2n) is 5.54. The first kappa shape index (κ1) is 13.4. The van der Waals surface area contributed by atoms with E-state index in [0.717, 1.165) is 44.2 Å². The van der Waals surface area contributed by atoms with E-state index in [2.05, 4.69) is 28.5 Å². The normalized spacial score (nSPS) is 20.8. The molecule has 2 aliphatic heterocycles. The molecule has 0 aromatic heterocycles. The van der Waals surface area contributed by atoms with Gasteiger partial charge in [0.15, 0.2) is 6.61 Å². The van der Waals surface area contributed by atoms with Crippen LogP contribution in [0.15, 0.2) is 18.2 Å². The van der Waals surface area contributed by atoms with Crippen LogP contribution in [0.4, 0.5) is 5.69 Å². The van der Waals surface area contributed by atoms with Gasteiger partial charge in [0.1, 0.15) is 5.75 Å². The average molecular weight is 275 g/mol. The second-order valence-corrected chi connectivity index (χ2v) is 5.54. The minimum absolute atomic E-state index is 0.0793. The molecule has 0 saturated carbocycles. The van der Waals surface area contributed by atoms with Crippen LogP contribution in [0.1, 0.15) is 18.4 Å². The quantitative estimate of drug-likeness (QED) is 0.865. The minimum atomic E-state index is -0.0793. The summed E-state index contributed by atoms with van der Waals surface area (Å²) in [6, 6.07) is 6.10. The molecule has 1 aromatic rings. The highest BCUT2D eigenvalue weighted by Gasteiger charge is 2.19. The van der Waals surface area contributed by atoms with E-state index in [9.17, 15) is 4.79 Å². The van der Waals surface area contributed by atoms with Crippen molar-refractivity contribution in [2.45, 2.75) is 12.8 Å². The molecule has 1 saturated heterocycles. The fourth-order valence-corrected chi connectivity index (χ4v) is 2.79. The Morgan fingerprint density at radius 2 is 2.15 bits per heavy atom. The molecule has 1 amide bonds. The Morgan fingerprint density at radius 1 is 1.35 bits per heavy atom. The molecule has 108 valence electrons. The number of benzene rings is 1. The standard InChI is InChI=1S/C15H21N3O2/c1-11(9-18-6-4-16-5-7-18)12-2-3-14-13(8-12)17-15(19)10-20-14/h2-3,8,11,16H,4-7,9-10H2,1H3,(H,17,19). The minimum Gasteiger partial charge on any atom is -0.482 e. The van der Waals surface area contributed by atoms with Crippen LogP contribution in [0.3, 0.4) is 0 Å². The summed E-state index contributed by atoms with van der Waals surface area (Å²) >= 11 is 0. The van der Waals surface area contributed by atoms with Crippen molar-refractivity contribution in [2.24, 2.45) is 0 Å². The van der Waals surface area contributed by atoms with Gasteiger partial charge in [-0.3, -0.25) is 4.79 Å². The number of rotatable bonds is 3. The van der Waals surface area contributed by atoms with Gasteiger partial charge >= 0.3 is 0 Å². The van der Waals surface area contributed by atoms with Gasteiger partial charge in [0.2, 0.25) is 0 Å². The third-order valence-corrected chi connectivity index (χ3v) is 3.95. The number of carbonyl (C=O) groups is 1. The Kier molecular flexibility index (Phi) is 3.89. The molecule has 0 spiro atoms. The molecule has 2 aliphatic rings. The number of hydrogen-bond acceptors (Lipinski definition) is 4. The smallest absolute Gasteiger partial charge is 0.262 e. The SMILES string of the molecule is CC(CN1CCNCC1)c1ccc2c(c1)NC(=O)CO2. The number of hydrogen-bond donors (Lipinski definition) is 2. The van der Waals surface area contributed by atoms with E-state index >= 15 is 0 Å². The van der Waals surface area contributed by atoms with Gasteiger partial charge in [0, 0.05) is 32.7 Å². The lowest BCUT2D eigenvalue weighted by Crippen LogP contribution is -2.44. The van der Waals surface area contributed by atoms with Crippen LogP contribution in [-0.2, 0) is 4.79 Å². The molecule has 5 nitrogen and oxygen atoms in total. The second kappa shape index (κ2) is 5.81. The number of carbonyl (C=O) groups excluding carboxylic acids is 1. The zero-order chi connectivity index (χ0) is 13.9. The van der Waals surface area contributed by atoms with Crippen LogP contribution in [0.2, 0.25) is 0 Å². The number of nitrogens with zero attached hydrogens (tertiary/aromatic N) is 1. The third kappa shape index (κ3) is 2.94. The molecular weight excluding hydrogens is 254 g/mol. The number of fused-ring (bicyclic) bond motifs is 1. The zero-order valence-electron chi connectivity index (χ0n) is 11.8. The van der Waals surface area contributed by atoms with Crippen molar-refractivity contribution < 1.29 is 9.53 Å². The summed E-state index contributed by atoms with van der Waals surface area (Å²) in [7, 11) is 0. The first-order chi connectivity index (χ1) is 9.72. The third-order valence-electron chi connectivity index (χ3n) is 3.95. The van der Waals surface area contributed by atoms with Crippen LogP contribution in [0.25, 0.3) is 0 Å². The van der Waals surface area contributed by atoms with Gasteiger partial charge in [-0.1, -0.05) is 13.0 Å². The lowest BCUT2D eigenvalue weighted by atomic mass is 9.99. The van der Waals surface area contributed by atoms with Gasteiger partial charge in [-0.25, -0.2) is 0 Å². The number of ether oxygens (including phenoxy) is 1. The molecule has 0 aliphatic carbocycles. The van der Waals surface area contributed by atoms with Crippen LogP contribution in [0, 0.1) is 0 Å². The molecule has 5 heteroatoms. The maximum absolute atomic E-state index is 11.4. The fourth-order valence-electron chi connectivity index (χ4n) is 2.79. The van der Waals surface area contributed by atoms with E-state index in [1.807, 2.05) is 12.1 Å². The molecule has 1 atom stereocenters. The molecule has 3 rings (SSSR count). The first-order valence-electron chi connectivity index (χ1n) is 7.22. The summed E-state index contributed by atoms with van der Waals surface area (Å²) in [5, 5.41) is 6.24. The van der Waals surface area contributed by atoms with E-state index in [4.69, 9.17) is 4.74 Å². The molecule has 1 unspecified atom stereocenters. The fraction of sp³-hybridized carbons (Fsp3) is 0.533. The summed E-state index contributed by atoms with van der Waals surface area (Å²) in [4.78, 5) is 13.9. The van der Waals surface area contributed by atoms with E-state index in [1.165, 1.54) is 5.56 Å². The van der Waals surface area contributed by atoms with E-state index < -0.39 is 0 Å².